The van der Waals surface area contributed by atoms with Crippen LogP contribution in [-0.2, 0) is 0 Å². The number of rotatable bonds is 2. The maximum atomic E-state index is 13.0. The number of aliphatic hydroxyl groups is 1. The molecule has 0 fully saturated rings. The summed E-state index contributed by atoms with van der Waals surface area (Å²) in [4.78, 5) is 0. The first-order valence-corrected chi connectivity index (χ1v) is 3.72. The van der Waals surface area contributed by atoms with Gasteiger partial charge in [0, 0.05) is 0 Å². The largest absolute Gasteiger partial charge is 0.384 e. The summed E-state index contributed by atoms with van der Waals surface area (Å²) in [6.07, 6.45) is -1.27. The third kappa shape index (κ3) is 2.03. The van der Waals surface area contributed by atoms with Gasteiger partial charge in [-0.05, 0) is 12.5 Å². The number of benzene rings is 1. The molecule has 1 unspecified atom stereocenters. The highest BCUT2D eigenvalue weighted by Crippen LogP contribution is 2.23. The van der Waals surface area contributed by atoms with Crippen LogP contribution in [0.5, 0.6) is 0 Å². The summed E-state index contributed by atoms with van der Waals surface area (Å²) in [5, 5.41) is 9.36. The van der Waals surface area contributed by atoms with Gasteiger partial charge in [-0.1, -0.05) is 30.3 Å². The lowest BCUT2D eigenvalue weighted by Gasteiger charge is -2.21. The summed E-state index contributed by atoms with van der Waals surface area (Å²) in [5.41, 5.74) is 5.59. The average molecular weight is 169 g/mol. The SMILES string of the molecule is C[C@@](N)(F)C(O)c1ccccc1. The van der Waals surface area contributed by atoms with E-state index in [9.17, 15) is 9.50 Å². The van der Waals surface area contributed by atoms with E-state index in [-0.39, 0.29) is 0 Å². The molecule has 2 atom stereocenters. The molecule has 0 radical (unpaired) electrons. The Morgan fingerprint density at radius 2 is 1.92 bits per heavy atom. The quantitative estimate of drug-likeness (QED) is 0.657. The van der Waals surface area contributed by atoms with Crippen LogP contribution < -0.4 is 5.73 Å². The van der Waals surface area contributed by atoms with E-state index >= 15 is 0 Å². The molecule has 3 N–H and O–H groups in total. The van der Waals surface area contributed by atoms with Gasteiger partial charge in [0.1, 0.15) is 6.10 Å². The van der Waals surface area contributed by atoms with Crippen molar-refractivity contribution >= 4 is 0 Å². The number of halogens is 1. The number of alkyl halides is 1. The molecule has 3 heteroatoms. The van der Waals surface area contributed by atoms with Crippen LogP contribution in [0, 0.1) is 0 Å². The topological polar surface area (TPSA) is 46.2 Å². The molecular formula is C9H12FNO. The molecule has 2 nitrogen and oxygen atoms in total. The average Bonchev–Trinajstić information content (AvgIpc) is 2.03. The highest BCUT2D eigenvalue weighted by Gasteiger charge is 2.28. The maximum absolute atomic E-state index is 13.0. The van der Waals surface area contributed by atoms with Gasteiger partial charge < -0.3 is 5.11 Å². The molecule has 0 saturated heterocycles. The summed E-state index contributed by atoms with van der Waals surface area (Å²) < 4.78 is 13.0. The van der Waals surface area contributed by atoms with Crippen molar-refractivity contribution in [1.82, 2.24) is 0 Å². The molecule has 0 aromatic heterocycles. The van der Waals surface area contributed by atoms with Gasteiger partial charge in [0.25, 0.3) is 0 Å². The lowest BCUT2D eigenvalue weighted by atomic mass is 10.0. The number of nitrogens with two attached hydrogens (primary N) is 1. The minimum Gasteiger partial charge on any atom is -0.384 e. The predicted molar refractivity (Wildman–Crippen MR) is 45.1 cm³/mol. The van der Waals surface area contributed by atoms with Crippen molar-refractivity contribution in [2.75, 3.05) is 0 Å². The normalized spacial score (nSPS) is 18.3. The summed E-state index contributed by atoms with van der Waals surface area (Å²) in [7, 11) is 0. The zero-order valence-corrected chi connectivity index (χ0v) is 6.87. The number of hydrogen-bond donors (Lipinski definition) is 2. The van der Waals surface area contributed by atoms with E-state index in [0.29, 0.717) is 5.56 Å². The fourth-order valence-electron chi connectivity index (χ4n) is 0.961. The molecule has 0 spiro atoms. The molecule has 0 aliphatic carbocycles. The van der Waals surface area contributed by atoms with Crippen molar-refractivity contribution in [1.29, 1.82) is 0 Å². The second kappa shape index (κ2) is 3.21. The molecule has 0 heterocycles. The van der Waals surface area contributed by atoms with Gasteiger partial charge in [-0.3, -0.25) is 5.73 Å². The molecule has 0 amide bonds. The Labute approximate surface area is 70.8 Å². The fraction of sp³-hybridized carbons (Fsp3) is 0.333. The third-order valence-electron chi connectivity index (χ3n) is 1.65. The zero-order chi connectivity index (χ0) is 9.19. The lowest BCUT2D eigenvalue weighted by molar-refractivity contribution is 0.00708. The van der Waals surface area contributed by atoms with Gasteiger partial charge in [0.05, 0.1) is 0 Å². The van der Waals surface area contributed by atoms with E-state index < -0.39 is 11.9 Å². The Balaban J connectivity index is 2.86. The van der Waals surface area contributed by atoms with Crippen molar-refractivity contribution in [3.8, 4) is 0 Å². The summed E-state index contributed by atoms with van der Waals surface area (Å²) >= 11 is 0. The number of aliphatic hydroxyl groups excluding tert-OH is 1. The molecule has 1 rings (SSSR count). The Hall–Kier alpha value is -0.930. The second-order valence-corrected chi connectivity index (χ2v) is 2.96. The molecular weight excluding hydrogens is 157 g/mol. The zero-order valence-electron chi connectivity index (χ0n) is 6.87. The standard InChI is InChI=1S/C9H12FNO/c1-9(10,11)8(12)7-5-3-2-4-6-7/h2-6,8,12H,11H2,1H3/t8?,9-/m0/s1. The van der Waals surface area contributed by atoms with Crippen molar-refractivity contribution in [2.24, 2.45) is 5.73 Å². The first-order valence-electron chi connectivity index (χ1n) is 3.72. The molecule has 66 valence electrons. The van der Waals surface area contributed by atoms with E-state index in [0.717, 1.165) is 6.92 Å². The van der Waals surface area contributed by atoms with E-state index in [2.05, 4.69) is 0 Å². The molecule has 12 heavy (non-hydrogen) atoms. The van der Waals surface area contributed by atoms with E-state index in [1.807, 2.05) is 0 Å². The van der Waals surface area contributed by atoms with Crippen LogP contribution in [0.15, 0.2) is 30.3 Å². The van der Waals surface area contributed by atoms with E-state index in [4.69, 9.17) is 5.73 Å². The van der Waals surface area contributed by atoms with Gasteiger partial charge in [-0.2, -0.15) is 0 Å². The second-order valence-electron chi connectivity index (χ2n) is 2.96. The first kappa shape index (κ1) is 9.16. The van der Waals surface area contributed by atoms with Crippen molar-refractivity contribution in [3.05, 3.63) is 35.9 Å². The molecule has 1 aromatic rings. The van der Waals surface area contributed by atoms with Crippen LogP contribution in [0.2, 0.25) is 0 Å². The minimum absolute atomic E-state index is 0.491. The van der Waals surface area contributed by atoms with Crippen LogP contribution >= 0.6 is 0 Å². The van der Waals surface area contributed by atoms with Gasteiger partial charge in [-0.15, -0.1) is 0 Å². The van der Waals surface area contributed by atoms with Crippen molar-refractivity contribution in [3.63, 3.8) is 0 Å². The predicted octanol–water partition coefficient (Wildman–Crippen LogP) is 1.36. The highest BCUT2D eigenvalue weighted by molar-refractivity contribution is 5.19. The minimum atomic E-state index is -2.08. The van der Waals surface area contributed by atoms with E-state index in [1.165, 1.54) is 0 Å². The Morgan fingerprint density at radius 1 is 1.42 bits per heavy atom. The maximum Gasteiger partial charge on any atom is 0.186 e. The fourth-order valence-corrected chi connectivity index (χ4v) is 0.961. The smallest absolute Gasteiger partial charge is 0.186 e. The van der Waals surface area contributed by atoms with Crippen LogP contribution in [0.25, 0.3) is 0 Å². The molecule has 0 aliphatic heterocycles. The first-order chi connectivity index (χ1) is 5.52. The number of hydrogen-bond acceptors (Lipinski definition) is 2. The van der Waals surface area contributed by atoms with Gasteiger partial charge in [0.15, 0.2) is 5.79 Å². The van der Waals surface area contributed by atoms with Gasteiger partial charge in [0.2, 0.25) is 0 Å². The summed E-state index contributed by atoms with van der Waals surface area (Å²) in [5.74, 6) is -2.08. The summed E-state index contributed by atoms with van der Waals surface area (Å²) in [6, 6.07) is 8.52. The highest BCUT2D eigenvalue weighted by atomic mass is 19.1. The van der Waals surface area contributed by atoms with Gasteiger partial charge in [-0.25, -0.2) is 4.39 Å². The Bertz CT molecular complexity index is 242. The molecule has 1 aromatic carbocycles. The molecule has 0 saturated carbocycles. The summed E-state index contributed by atoms with van der Waals surface area (Å²) in [6.45, 7) is 1.14. The van der Waals surface area contributed by atoms with E-state index in [1.54, 1.807) is 30.3 Å². The van der Waals surface area contributed by atoms with Crippen LogP contribution in [0.4, 0.5) is 4.39 Å². The monoisotopic (exact) mass is 169 g/mol. The van der Waals surface area contributed by atoms with Crippen molar-refractivity contribution < 1.29 is 9.50 Å². The van der Waals surface area contributed by atoms with Crippen LogP contribution in [-0.4, -0.2) is 10.9 Å². The Morgan fingerprint density at radius 3 is 2.33 bits per heavy atom. The Kier molecular flexibility index (Phi) is 2.45. The molecule has 0 aliphatic rings. The lowest BCUT2D eigenvalue weighted by Crippen LogP contribution is -2.37. The molecule has 0 bridgehead atoms. The van der Waals surface area contributed by atoms with Crippen LogP contribution in [0.1, 0.15) is 18.6 Å². The van der Waals surface area contributed by atoms with Crippen LogP contribution in [0.3, 0.4) is 0 Å². The van der Waals surface area contributed by atoms with Crippen molar-refractivity contribution in [2.45, 2.75) is 18.8 Å². The third-order valence-corrected chi connectivity index (χ3v) is 1.65. The van der Waals surface area contributed by atoms with Gasteiger partial charge >= 0.3 is 0 Å².